The number of sulfone groups is 1. The van der Waals surface area contributed by atoms with Crippen molar-refractivity contribution in [3.05, 3.63) is 94.6 Å². The maximum atomic E-state index is 13.3. The first-order valence-corrected chi connectivity index (χ1v) is 13.8. The van der Waals surface area contributed by atoms with Gasteiger partial charge in [-0.05, 0) is 66.2 Å². The van der Waals surface area contributed by atoms with E-state index in [1.54, 1.807) is 0 Å². The van der Waals surface area contributed by atoms with Crippen molar-refractivity contribution < 1.29 is 33.3 Å². The van der Waals surface area contributed by atoms with Gasteiger partial charge in [-0.2, -0.15) is 13.5 Å². The summed E-state index contributed by atoms with van der Waals surface area (Å²) in [5.41, 5.74) is 6.33. The highest BCUT2D eigenvalue weighted by Crippen LogP contribution is 2.45. The second kappa shape index (κ2) is 10.8. The predicted octanol–water partition coefficient (Wildman–Crippen LogP) is 4.36. The number of phenols is 2. The van der Waals surface area contributed by atoms with Crippen LogP contribution in [0.1, 0.15) is 17.2 Å². The Labute approximate surface area is 244 Å². The van der Waals surface area contributed by atoms with Gasteiger partial charge in [-0.1, -0.05) is 29.0 Å². The Morgan fingerprint density at radius 3 is 2.27 bits per heavy atom. The molecule has 1 atom stereocenters. The number of aliphatic hydroxyl groups excluding tert-OH is 1. The average Bonchev–Trinajstić information content (AvgIpc) is 3.50. The van der Waals surface area contributed by atoms with Crippen LogP contribution in [0.4, 0.5) is 10.8 Å². The van der Waals surface area contributed by atoms with Crippen LogP contribution in [0, 0.1) is 0 Å². The van der Waals surface area contributed by atoms with Gasteiger partial charge >= 0.3 is 5.91 Å². The molecule has 1 unspecified atom stereocenters. The fourth-order valence-corrected chi connectivity index (χ4v) is 6.80. The fraction of sp³-hybridized carbons (Fsp3) is 0.0385. The fourth-order valence-electron chi connectivity index (χ4n) is 4.06. The summed E-state index contributed by atoms with van der Waals surface area (Å²) in [5.74, 6) is -2.93. The van der Waals surface area contributed by atoms with Crippen LogP contribution in [0.5, 0.6) is 11.5 Å². The molecular weight excluding hydrogens is 598 g/mol. The molecule has 1 saturated heterocycles. The third kappa shape index (κ3) is 4.99. The molecule has 1 amide bonds. The number of ketones is 1. The first-order valence-electron chi connectivity index (χ1n) is 11.1. The quantitative estimate of drug-likeness (QED) is 0.110. The zero-order valence-corrected chi connectivity index (χ0v) is 23.5. The summed E-state index contributed by atoms with van der Waals surface area (Å²) < 4.78 is 26.1. The number of Topliss-reactive ketones (excluding diaryl/α,β-unsaturated/α-hetero) is 1. The number of hydrogen-bond acceptors (Lipinski definition) is 10. The number of nitrogens with zero attached hydrogens (tertiary/aromatic N) is 2. The van der Waals surface area contributed by atoms with Gasteiger partial charge in [0.05, 0.1) is 27.7 Å². The van der Waals surface area contributed by atoms with Crippen LogP contribution in [0.3, 0.4) is 0 Å². The highest BCUT2D eigenvalue weighted by molar-refractivity contribution is 7.93. The summed E-state index contributed by atoms with van der Waals surface area (Å²) in [5, 5.41) is 30.4. The number of aliphatic hydroxyl groups is 1. The van der Waals surface area contributed by atoms with Gasteiger partial charge in [0.25, 0.3) is 5.78 Å². The van der Waals surface area contributed by atoms with Gasteiger partial charge in [0.15, 0.2) is 5.13 Å². The summed E-state index contributed by atoms with van der Waals surface area (Å²) >= 11 is 6.77. The molecule has 0 spiro atoms. The summed E-state index contributed by atoms with van der Waals surface area (Å²) in [7, 11) is -4.07. The van der Waals surface area contributed by atoms with Crippen molar-refractivity contribution in [2.45, 2.75) is 15.1 Å². The number of rotatable bonds is 5. The zero-order valence-electron chi connectivity index (χ0n) is 20.1. The SMILES string of the molecule is Nc1ccc(C(O)=C2C(=O)C(=O)N(c3ncc(S(=O)(=O)c4ccc(O)cc4)s3)C2c2ccc(O)c(Cl)c2)cc1.S. The molecule has 5 N–H and O–H groups in total. The van der Waals surface area contributed by atoms with E-state index < -0.39 is 33.3 Å². The number of anilines is 2. The van der Waals surface area contributed by atoms with Gasteiger partial charge in [0, 0.05) is 11.3 Å². The number of carbonyl (C=O) groups excluding carboxylic acids is 2. The Morgan fingerprint density at radius 1 is 1.00 bits per heavy atom. The molecule has 2 heterocycles. The van der Waals surface area contributed by atoms with Crippen LogP contribution < -0.4 is 10.6 Å². The Hall–Kier alpha value is -4.04. The lowest BCUT2D eigenvalue weighted by Crippen LogP contribution is -2.29. The predicted molar refractivity (Wildman–Crippen MR) is 155 cm³/mol. The topological polar surface area (TPSA) is 171 Å². The molecule has 1 aliphatic rings. The van der Waals surface area contributed by atoms with Crippen LogP contribution in [0.2, 0.25) is 5.02 Å². The van der Waals surface area contributed by atoms with Crippen molar-refractivity contribution in [2.75, 3.05) is 10.6 Å². The van der Waals surface area contributed by atoms with Crippen molar-refractivity contribution in [3.63, 3.8) is 0 Å². The molecule has 0 saturated carbocycles. The number of thiazole rings is 1. The maximum absolute atomic E-state index is 13.3. The van der Waals surface area contributed by atoms with Gasteiger partial charge in [0.2, 0.25) is 9.84 Å². The first-order chi connectivity index (χ1) is 18.5. The minimum absolute atomic E-state index is 0. The molecule has 1 fully saturated rings. The smallest absolute Gasteiger partial charge is 0.301 e. The number of aromatic hydroxyl groups is 2. The number of benzene rings is 3. The normalized spacial score (nSPS) is 16.6. The van der Waals surface area contributed by atoms with Crippen LogP contribution in [-0.2, 0) is 19.4 Å². The molecule has 0 radical (unpaired) electrons. The van der Waals surface area contributed by atoms with E-state index in [4.69, 9.17) is 17.3 Å². The lowest BCUT2D eigenvalue weighted by molar-refractivity contribution is -0.132. The number of amides is 1. The van der Waals surface area contributed by atoms with E-state index in [1.807, 2.05) is 0 Å². The van der Waals surface area contributed by atoms with Crippen molar-refractivity contribution >= 4 is 74.5 Å². The van der Waals surface area contributed by atoms with Gasteiger partial charge < -0.3 is 21.1 Å². The highest BCUT2D eigenvalue weighted by atomic mass is 35.5. The molecule has 1 aliphatic heterocycles. The van der Waals surface area contributed by atoms with Gasteiger partial charge in [0.1, 0.15) is 21.5 Å². The Kier molecular flexibility index (Phi) is 7.85. The van der Waals surface area contributed by atoms with E-state index in [-0.39, 0.29) is 61.0 Å². The standard InChI is InChI=1S/C26H18ClN3O7S2.H2S/c27-18-11-14(3-10-19(18)32)22-21(23(33)13-1-4-15(28)5-2-13)24(34)25(35)30(22)26-29-12-20(38-26)39(36,37)17-8-6-16(31)7-9-17;/h1-12,22,31-33H,28H2;1H2. The molecule has 14 heteroatoms. The monoisotopic (exact) mass is 617 g/mol. The van der Waals surface area contributed by atoms with Crippen molar-refractivity contribution in [2.24, 2.45) is 0 Å². The van der Waals surface area contributed by atoms with Crippen LogP contribution in [0.15, 0.2) is 87.6 Å². The molecule has 206 valence electrons. The molecule has 4 aromatic rings. The van der Waals surface area contributed by atoms with E-state index in [0.717, 1.165) is 11.1 Å². The minimum Gasteiger partial charge on any atom is -0.508 e. The molecule has 1 aromatic heterocycles. The van der Waals surface area contributed by atoms with Gasteiger partial charge in [-0.3, -0.25) is 14.5 Å². The third-order valence-corrected chi connectivity index (χ3v) is 9.54. The maximum Gasteiger partial charge on any atom is 0.301 e. The Balaban J connectivity index is 0.00000370. The van der Waals surface area contributed by atoms with Crippen LogP contribution in [-0.4, -0.2) is 40.4 Å². The number of carbonyl (C=O) groups is 2. The summed E-state index contributed by atoms with van der Waals surface area (Å²) in [4.78, 5) is 31.6. The Morgan fingerprint density at radius 2 is 1.65 bits per heavy atom. The second-order valence-corrected chi connectivity index (χ2v) is 12.1. The molecule has 5 rings (SSSR count). The number of halogens is 1. The van der Waals surface area contributed by atoms with Crippen molar-refractivity contribution in [3.8, 4) is 11.5 Å². The van der Waals surface area contributed by atoms with Gasteiger partial charge in [-0.15, -0.1) is 0 Å². The number of hydrogen-bond donors (Lipinski definition) is 4. The van der Waals surface area contributed by atoms with Crippen LogP contribution in [0.25, 0.3) is 5.76 Å². The number of aromatic nitrogens is 1. The zero-order chi connectivity index (χ0) is 28.1. The summed E-state index contributed by atoms with van der Waals surface area (Å²) in [6.45, 7) is 0. The molecule has 3 aromatic carbocycles. The number of nitrogen functional groups attached to an aromatic ring is 1. The van der Waals surface area contributed by atoms with E-state index in [2.05, 4.69) is 4.98 Å². The van der Waals surface area contributed by atoms with Gasteiger partial charge in [-0.25, -0.2) is 13.4 Å². The summed E-state index contributed by atoms with van der Waals surface area (Å²) in [6.07, 6.45) is 1.06. The average molecular weight is 618 g/mol. The molecule has 40 heavy (non-hydrogen) atoms. The second-order valence-electron chi connectivity index (χ2n) is 8.46. The number of phenolic OH excluding ortho intramolecular Hbond substituents is 2. The van der Waals surface area contributed by atoms with E-state index in [9.17, 15) is 33.3 Å². The van der Waals surface area contributed by atoms with E-state index >= 15 is 0 Å². The van der Waals surface area contributed by atoms with Crippen LogP contribution >= 0.6 is 36.4 Å². The molecular formula is C26H20ClN3O7S3. The Bertz CT molecular complexity index is 1770. The van der Waals surface area contributed by atoms with Crippen molar-refractivity contribution in [1.29, 1.82) is 0 Å². The van der Waals surface area contributed by atoms with E-state index in [0.29, 0.717) is 17.0 Å². The largest absolute Gasteiger partial charge is 0.508 e. The molecule has 10 nitrogen and oxygen atoms in total. The molecule has 0 aliphatic carbocycles. The van der Waals surface area contributed by atoms with Crippen molar-refractivity contribution in [1.82, 2.24) is 4.98 Å². The van der Waals surface area contributed by atoms with E-state index in [1.165, 1.54) is 66.7 Å². The highest BCUT2D eigenvalue weighted by Gasteiger charge is 2.48. The third-order valence-electron chi connectivity index (χ3n) is 6.01. The first kappa shape index (κ1) is 29.0. The molecule has 0 bridgehead atoms. The minimum atomic E-state index is -4.07. The lowest BCUT2D eigenvalue weighted by atomic mass is 9.95. The summed E-state index contributed by atoms with van der Waals surface area (Å²) in [6, 6.07) is 13.6. The number of nitrogens with two attached hydrogens (primary N) is 1. The lowest BCUT2D eigenvalue weighted by Gasteiger charge is -2.23.